The summed E-state index contributed by atoms with van der Waals surface area (Å²) in [7, 11) is 0. The smallest absolute Gasteiger partial charge is 0.319 e. The first-order valence-corrected chi connectivity index (χ1v) is 8.53. The highest BCUT2D eigenvalue weighted by Gasteiger charge is 2.33. The molecule has 0 bridgehead atoms. The number of nitrogens with one attached hydrogen (secondary N) is 2. The third-order valence-electron chi connectivity index (χ3n) is 4.15. The molecule has 1 saturated heterocycles. The van der Waals surface area contributed by atoms with Gasteiger partial charge in [-0.25, -0.2) is 4.79 Å². The fourth-order valence-electron chi connectivity index (χ4n) is 3.06. The van der Waals surface area contributed by atoms with Crippen molar-refractivity contribution in [2.75, 3.05) is 16.8 Å². The molecule has 3 rings (SSSR count). The Labute approximate surface area is 152 Å². The number of amides is 3. The zero-order chi connectivity index (χ0) is 18.0. The van der Waals surface area contributed by atoms with Gasteiger partial charge in [0.1, 0.15) is 6.04 Å². The molecule has 1 aliphatic rings. The molecule has 3 amide bonds. The van der Waals surface area contributed by atoms with Crippen molar-refractivity contribution in [3.8, 4) is 0 Å². The summed E-state index contributed by atoms with van der Waals surface area (Å²) in [6.07, 6.45) is 0.571. The molecule has 0 aromatic heterocycles. The molecule has 1 aliphatic heterocycles. The monoisotopic (exact) mass is 357 g/mol. The predicted octanol–water partition coefficient (Wildman–Crippen LogP) is 3.88. The van der Waals surface area contributed by atoms with Crippen LogP contribution >= 0.6 is 11.6 Å². The van der Waals surface area contributed by atoms with E-state index in [0.717, 1.165) is 16.8 Å². The molecule has 0 spiro atoms. The van der Waals surface area contributed by atoms with Crippen LogP contribution in [0.1, 0.15) is 17.5 Å². The van der Waals surface area contributed by atoms with Crippen molar-refractivity contribution in [2.45, 2.75) is 26.3 Å². The van der Waals surface area contributed by atoms with E-state index in [-0.39, 0.29) is 5.91 Å². The number of aryl methyl sites for hydroxylation is 2. The van der Waals surface area contributed by atoms with Crippen LogP contribution in [0.15, 0.2) is 42.5 Å². The molecular formula is C19H20ClN3O2. The highest BCUT2D eigenvalue weighted by molar-refractivity contribution is 6.33. The molecule has 1 unspecified atom stereocenters. The molecule has 6 heteroatoms. The van der Waals surface area contributed by atoms with Gasteiger partial charge in [-0.3, -0.25) is 4.79 Å². The highest BCUT2D eigenvalue weighted by atomic mass is 35.5. The van der Waals surface area contributed by atoms with Crippen molar-refractivity contribution in [2.24, 2.45) is 0 Å². The first-order valence-electron chi connectivity index (χ1n) is 8.16. The number of halogens is 1. The number of rotatable bonds is 3. The summed E-state index contributed by atoms with van der Waals surface area (Å²) in [5.74, 6) is -0.0979. The zero-order valence-electron chi connectivity index (χ0n) is 14.2. The van der Waals surface area contributed by atoms with E-state index in [1.807, 2.05) is 26.0 Å². The molecule has 0 radical (unpaired) electrons. The van der Waals surface area contributed by atoms with Crippen LogP contribution in [-0.4, -0.2) is 24.5 Å². The van der Waals surface area contributed by atoms with Gasteiger partial charge in [0.2, 0.25) is 5.91 Å². The lowest BCUT2D eigenvalue weighted by atomic mass is 10.1. The van der Waals surface area contributed by atoms with Gasteiger partial charge in [0, 0.05) is 12.2 Å². The fourth-order valence-corrected chi connectivity index (χ4v) is 3.24. The van der Waals surface area contributed by atoms with E-state index in [1.165, 1.54) is 0 Å². The van der Waals surface area contributed by atoms with Crippen molar-refractivity contribution >= 4 is 34.9 Å². The summed E-state index contributed by atoms with van der Waals surface area (Å²) in [6.45, 7) is 4.59. The van der Waals surface area contributed by atoms with E-state index in [9.17, 15) is 9.59 Å². The average Bonchev–Trinajstić information content (AvgIpc) is 2.89. The van der Waals surface area contributed by atoms with E-state index in [0.29, 0.717) is 23.7 Å². The maximum atomic E-state index is 12.6. The molecule has 1 heterocycles. The maximum Gasteiger partial charge on any atom is 0.319 e. The summed E-state index contributed by atoms with van der Waals surface area (Å²) in [4.78, 5) is 26.5. The van der Waals surface area contributed by atoms with Gasteiger partial charge >= 0.3 is 6.03 Å². The highest BCUT2D eigenvalue weighted by Crippen LogP contribution is 2.24. The van der Waals surface area contributed by atoms with Crippen LogP contribution in [0.25, 0.3) is 0 Å². The van der Waals surface area contributed by atoms with Crippen LogP contribution in [0, 0.1) is 13.8 Å². The minimum absolute atomic E-state index is 0.0979. The molecule has 1 atom stereocenters. The van der Waals surface area contributed by atoms with Gasteiger partial charge in [-0.15, -0.1) is 0 Å². The number of nitrogens with zero attached hydrogens (tertiary/aromatic N) is 1. The summed E-state index contributed by atoms with van der Waals surface area (Å²) in [6, 6.07) is 12.0. The van der Waals surface area contributed by atoms with Crippen molar-refractivity contribution in [3.05, 3.63) is 58.6 Å². The van der Waals surface area contributed by atoms with Gasteiger partial charge in [0.05, 0.1) is 10.7 Å². The maximum absolute atomic E-state index is 12.6. The third kappa shape index (κ3) is 3.94. The number of hydrogen-bond donors (Lipinski definition) is 2. The number of para-hydroxylation sites is 1. The largest absolute Gasteiger partial charge is 0.326 e. The van der Waals surface area contributed by atoms with Gasteiger partial charge in [-0.05, 0) is 55.7 Å². The van der Waals surface area contributed by atoms with Crippen molar-refractivity contribution in [1.82, 2.24) is 5.32 Å². The van der Waals surface area contributed by atoms with Crippen LogP contribution in [-0.2, 0) is 4.79 Å². The van der Waals surface area contributed by atoms with Gasteiger partial charge in [-0.1, -0.05) is 29.8 Å². The summed E-state index contributed by atoms with van der Waals surface area (Å²) in [5.41, 5.74) is 3.60. The zero-order valence-corrected chi connectivity index (χ0v) is 14.9. The summed E-state index contributed by atoms with van der Waals surface area (Å²) >= 11 is 6.03. The quantitative estimate of drug-likeness (QED) is 0.875. The van der Waals surface area contributed by atoms with Crippen LogP contribution in [0.3, 0.4) is 0 Å². The first kappa shape index (κ1) is 17.3. The second-order valence-corrected chi connectivity index (χ2v) is 6.66. The Kier molecular flexibility index (Phi) is 4.95. The Morgan fingerprint density at radius 3 is 2.52 bits per heavy atom. The number of carbonyl (C=O) groups is 2. The topological polar surface area (TPSA) is 61.4 Å². The second-order valence-electron chi connectivity index (χ2n) is 6.26. The Hall–Kier alpha value is -2.53. The molecule has 25 heavy (non-hydrogen) atoms. The second kappa shape index (κ2) is 7.15. The van der Waals surface area contributed by atoms with E-state index < -0.39 is 12.1 Å². The minimum atomic E-state index is -0.539. The lowest BCUT2D eigenvalue weighted by Crippen LogP contribution is -2.43. The van der Waals surface area contributed by atoms with Crippen LogP contribution in [0.2, 0.25) is 5.02 Å². The summed E-state index contributed by atoms with van der Waals surface area (Å²) < 4.78 is 0. The normalized spacial score (nSPS) is 16.8. The Morgan fingerprint density at radius 2 is 1.84 bits per heavy atom. The Morgan fingerprint density at radius 1 is 1.16 bits per heavy atom. The van der Waals surface area contributed by atoms with Gasteiger partial charge in [0.15, 0.2) is 0 Å². The number of hydrogen-bond acceptors (Lipinski definition) is 2. The molecule has 2 aromatic carbocycles. The third-order valence-corrected chi connectivity index (χ3v) is 4.48. The number of anilines is 2. The van der Waals surface area contributed by atoms with Crippen molar-refractivity contribution in [3.63, 3.8) is 0 Å². The molecule has 2 N–H and O–H groups in total. The van der Waals surface area contributed by atoms with E-state index >= 15 is 0 Å². The molecule has 2 aromatic rings. The van der Waals surface area contributed by atoms with E-state index in [4.69, 9.17) is 11.6 Å². The summed E-state index contributed by atoms with van der Waals surface area (Å²) in [5, 5.41) is 5.86. The van der Waals surface area contributed by atoms with Crippen molar-refractivity contribution < 1.29 is 9.59 Å². The van der Waals surface area contributed by atoms with Crippen LogP contribution in [0.4, 0.5) is 16.2 Å². The minimum Gasteiger partial charge on any atom is -0.326 e. The molecule has 130 valence electrons. The standard InChI is InChI=1S/C19H20ClN3O2/c1-12-9-13(2)11-14(10-12)23-8-7-17(18(23)24)22-19(25)21-16-6-4-3-5-15(16)20/h3-6,9-11,17H,7-8H2,1-2H3,(H2,21,22,25). The van der Waals surface area contributed by atoms with Crippen LogP contribution < -0.4 is 15.5 Å². The Bertz CT molecular complexity index is 802. The molecule has 0 aliphatic carbocycles. The van der Waals surface area contributed by atoms with Gasteiger partial charge in [-0.2, -0.15) is 0 Å². The number of carbonyl (C=O) groups excluding carboxylic acids is 2. The number of urea groups is 1. The van der Waals surface area contributed by atoms with E-state index in [1.54, 1.807) is 29.2 Å². The average molecular weight is 358 g/mol. The lowest BCUT2D eigenvalue weighted by molar-refractivity contribution is -0.118. The van der Waals surface area contributed by atoms with Crippen LogP contribution in [0.5, 0.6) is 0 Å². The SMILES string of the molecule is Cc1cc(C)cc(N2CCC(NC(=O)Nc3ccccc3Cl)C2=O)c1. The van der Waals surface area contributed by atoms with Gasteiger partial charge < -0.3 is 15.5 Å². The van der Waals surface area contributed by atoms with Crippen molar-refractivity contribution in [1.29, 1.82) is 0 Å². The van der Waals surface area contributed by atoms with Gasteiger partial charge in [0.25, 0.3) is 0 Å². The molecule has 0 saturated carbocycles. The fraction of sp³-hybridized carbons (Fsp3) is 0.263. The Balaban J connectivity index is 1.66. The lowest BCUT2D eigenvalue weighted by Gasteiger charge is -2.18. The molecule has 1 fully saturated rings. The first-order chi connectivity index (χ1) is 11.9. The number of benzene rings is 2. The van der Waals surface area contributed by atoms with E-state index in [2.05, 4.69) is 16.7 Å². The molecular weight excluding hydrogens is 338 g/mol. The molecule has 5 nitrogen and oxygen atoms in total. The predicted molar refractivity (Wildman–Crippen MR) is 100 cm³/mol.